The second kappa shape index (κ2) is 10.2. The second-order valence-electron chi connectivity index (χ2n) is 11.2. The summed E-state index contributed by atoms with van der Waals surface area (Å²) in [6.07, 6.45) is 3.59. The molecular formula is C41H25N3O. The zero-order chi connectivity index (χ0) is 29.7. The number of para-hydroxylation sites is 2. The van der Waals surface area contributed by atoms with Crippen LogP contribution in [0, 0.1) is 0 Å². The molecule has 0 spiro atoms. The maximum atomic E-state index is 6.48. The second-order valence-corrected chi connectivity index (χ2v) is 11.2. The highest BCUT2D eigenvalue weighted by Crippen LogP contribution is 2.40. The number of aromatic nitrogens is 3. The van der Waals surface area contributed by atoms with Gasteiger partial charge in [-0.2, -0.15) is 0 Å². The quantitative estimate of drug-likeness (QED) is 0.196. The van der Waals surface area contributed by atoms with E-state index in [-0.39, 0.29) is 0 Å². The van der Waals surface area contributed by atoms with Gasteiger partial charge in [0.1, 0.15) is 11.2 Å². The van der Waals surface area contributed by atoms with Crippen molar-refractivity contribution in [3.8, 4) is 44.9 Å². The first-order valence-corrected chi connectivity index (χ1v) is 15.0. The molecule has 0 saturated carbocycles. The molecule has 0 radical (unpaired) electrons. The van der Waals surface area contributed by atoms with Gasteiger partial charge in [-0.05, 0) is 53.6 Å². The van der Waals surface area contributed by atoms with Crippen molar-refractivity contribution < 1.29 is 4.42 Å². The van der Waals surface area contributed by atoms with Crippen molar-refractivity contribution in [2.24, 2.45) is 0 Å². The van der Waals surface area contributed by atoms with Gasteiger partial charge >= 0.3 is 0 Å². The number of fused-ring (bicyclic) bond motifs is 7. The lowest BCUT2D eigenvalue weighted by atomic mass is 9.96. The molecule has 210 valence electrons. The van der Waals surface area contributed by atoms with Crippen LogP contribution < -0.4 is 0 Å². The molecule has 0 amide bonds. The number of pyridine rings is 3. The molecule has 0 aliphatic heterocycles. The van der Waals surface area contributed by atoms with Crippen molar-refractivity contribution in [3.05, 3.63) is 152 Å². The third-order valence-corrected chi connectivity index (χ3v) is 8.61. The van der Waals surface area contributed by atoms with Crippen LogP contribution in [0.25, 0.3) is 88.5 Å². The highest BCUT2D eigenvalue weighted by molar-refractivity contribution is 6.24. The fraction of sp³-hybridized carbons (Fsp3) is 0. The molecule has 0 aliphatic carbocycles. The zero-order valence-corrected chi connectivity index (χ0v) is 24.2. The number of rotatable bonds is 4. The van der Waals surface area contributed by atoms with Gasteiger partial charge in [-0.15, -0.1) is 0 Å². The van der Waals surface area contributed by atoms with E-state index in [4.69, 9.17) is 14.4 Å². The fourth-order valence-electron chi connectivity index (χ4n) is 6.37. The Bertz CT molecular complexity index is 2520. The highest BCUT2D eigenvalue weighted by Gasteiger charge is 2.17. The number of nitrogens with zero attached hydrogens (tertiary/aromatic N) is 3. The lowest BCUT2D eigenvalue weighted by Crippen LogP contribution is -1.90. The molecule has 0 atom stereocenters. The van der Waals surface area contributed by atoms with Crippen LogP contribution >= 0.6 is 0 Å². The first-order valence-electron chi connectivity index (χ1n) is 15.0. The van der Waals surface area contributed by atoms with E-state index in [1.54, 1.807) is 12.4 Å². The first kappa shape index (κ1) is 25.4. The summed E-state index contributed by atoms with van der Waals surface area (Å²) in [5, 5.41) is 5.53. The Balaban J connectivity index is 1.10. The molecule has 9 rings (SSSR count). The summed E-state index contributed by atoms with van der Waals surface area (Å²) in [6, 6.07) is 48.3. The molecule has 5 aromatic carbocycles. The molecule has 4 heteroatoms. The molecule has 45 heavy (non-hydrogen) atoms. The zero-order valence-electron chi connectivity index (χ0n) is 24.2. The number of hydrogen-bond acceptors (Lipinski definition) is 4. The van der Waals surface area contributed by atoms with Crippen molar-refractivity contribution in [1.29, 1.82) is 0 Å². The lowest BCUT2D eigenvalue weighted by molar-refractivity contribution is 0.673. The summed E-state index contributed by atoms with van der Waals surface area (Å²) >= 11 is 0. The molecule has 4 aromatic heterocycles. The van der Waals surface area contributed by atoms with Crippen LogP contribution in [0.4, 0.5) is 0 Å². The van der Waals surface area contributed by atoms with Crippen LogP contribution in [-0.2, 0) is 0 Å². The molecular weight excluding hydrogens is 550 g/mol. The lowest BCUT2D eigenvalue weighted by Gasteiger charge is -2.11. The van der Waals surface area contributed by atoms with E-state index in [0.29, 0.717) is 0 Å². The molecule has 4 heterocycles. The average molecular weight is 576 g/mol. The maximum Gasteiger partial charge on any atom is 0.144 e. The van der Waals surface area contributed by atoms with E-state index in [0.717, 1.165) is 88.5 Å². The average Bonchev–Trinajstić information content (AvgIpc) is 3.51. The van der Waals surface area contributed by atoms with Gasteiger partial charge < -0.3 is 4.42 Å². The summed E-state index contributed by atoms with van der Waals surface area (Å²) in [5.41, 5.74) is 11.1. The van der Waals surface area contributed by atoms with Crippen molar-refractivity contribution in [1.82, 2.24) is 15.0 Å². The van der Waals surface area contributed by atoms with E-state index in [2.05, 4.69) is 108 Å². The molecule has 0 bridgehead atoms. The molecule has 0 fully saturated rings. The minimum absolute atomic E-state index is 0.898. The Morgan fingerprint density at radius 3 is 1.76 bits per heavy atom. The maximum absolute atomic E-state index is 6.48. The fourth-order valence-corrected chi connectivity index (χ4v) is 6.37. The Hall–Kier alpha value is -6.13. The summed E-state index contributed by atoms with van der Waals surface area (Å²) in [6.45, 7) is 0. The van der Waals surface area contributed by atoms with Crippen LogP contribution in [0.1, 0.15) is 0 Å². The van der Waals surface area contributed by atoms with Gasteiger partial charge in [0.2, 0.25) is 0 Å². The topological polar surface area (TPSA) is 51.8 Å². The summed E-state index contributed by atoms with van der Waals surface area (Å²) in [4.78, 5) is 14.2. The number of furan rings is 1. The van der Waals surface area contributed by atoms with Gasteiger partial charge in [-0.1, -0.05) is 97.1 Å². The van der Waals surface area contributed by atoms with Gasteiger partial charge in [-0.3, -0.25) is 4.98 Å². The Labute approximate surface area is 259 Å². The van der Waals surface area contributed by atoms with Crippen LogP contribution in [0.2, 0.25) is 0 Å². The number of hydrogen-bond donors (Lipinski definition) is 0. The van der Waals surface area contributed by atoms with Gasteiger partial charge in [0.05, 0.1) is 22.6 Å². The minimum atomic E-state index is 0.898. The summed E-state index contributed by atoms with van der Waals surface area (Å²) in [5.74, 6) is 0. The third kappa shape index (κ3) is 4.27. The molecule has 4 nitrogen and oxygen atoms in total. The normalized spacial score (nSPS) is 11.6. The van der Waals surface area contributed by atoms with E-state index in [9.17, 15) is 0 Å². The third-order valence-electron chi connectivity index (χ3n) is 8.61. The van der Waals surface area contributed by atoms with Crippen molar-refractivity contribution in [2.45, 2.75) is 0 Å². The van der Waals surface area contributed by atoms with Gasteiger partial charge in [0.15, 0.2) is 0 Å². The minimum Gasteiger partial charge on any atom is -0.455 e. The van der Waals surface area contributed by atoms with Gasteiger partial charge in [-0.25, -0.2) is 9.97 Å². The summed E-state index contributed by atoms with van der Waals surface area (Å²) < 4.78 is 6.48. The molecule has 9 aromatic rings. The molecule has 0 unspecified atom stereocenters. The van der Waals surface area contributed by atoms with Crippen molar-refractivity contribution in [3.63, 3.8) is 0 Å². The molecule has 0 saturated heterocycles. The van der Waals surface area contributed by atoms with E-state index < -0.39 is 0 Å². The SMILES string of the molecule is c1cc(-c2ccncc2)nc(-c2ccc(-c3ccc(-c4nc5ccccc5c5c4ccc4c6ccccc6oc45)cc3)cc2)c1. The largest absolute Gasteiger partial charge is 0.455 e. The first-order chi connectivity index (χ1) is 22.3. The summed E-state index contributed by atoms with van der Waals surface area (Å²) in [7, 11) is 0. The van der Waals surface area contributed by atoms with Crippen molar-refractivity contribution in [2.75, 3.05) is 0 Å². The van der Waals surface area contributed by atoms with Crippen LogP contribution in [0.3, 0.4) is 0 Å². The van der Waals surface area contributed by atoms with E-state index in [1.807, 2.05) is 36.4 Å². The Morgan fingerprint density at radius 1 is 0.400 bits per heavy atom. The van der Waals surface area contributed by atoms with Gasteiger partial charge in [0, 0.05) is 56.0 Å². The smallest absolute Gasteiger partial charge is 0.144 e. The standard InChI is InChI=1S/C41H25N3O/c1-3-8-37-33(7-1)39-34(21-20-32-31-6-2-4-11-38(31)45-41(32)39)40(44-37)30-18-14-27(15-19-30)26-12-16-28(17-13-26)35-9-5-10-36(43-35)29-22-24-42-25-23-29/h1-25H. The predicted molar refractivity (Wildman–Crippen MR) is 184 cm³/mol. The van der Waals surface area contributed by atoms with E-state index >= 15 is 0 Å². The predicted octanol–water partition coefficient (Wildman–Crippen LogP) is 10.7. The Kier molecular flexibility index (Phi) is 5.78. The van der Waals surface area contributed by atoms with Crippen LogP contribution in [-0.4, -0.2) is 15.0 Å². The molecule has 0 N–H and O–H groups in total. The van der Waals surface area contributed by atoms with Crippen molar-refractivity contribution >= 4 is 43.6 Å². The Morgan fingerprint density at radius 2 is 1.00 bits per heavy atom. The van der Waals surface area contributed by atoms with Gasteiger partial charge in [0.25, 0.3) is 0 Å². The highest BCUT2D eigenvalue weighted by atomic mass is 16.3. The van der Waals surface area contributed by atoms with Crippen LogP contribution in [0.15, 0.2) is 156 Å². The molecule has 0 aliphatic rings. The van der Waals surface area contributed by atoms with E-state index in [1.165, 1.54) is 0 Å². The number of benzene rings is 5. The monoisotopic (exact) mass is 575 g/mol. The van der Waals surface area contributed by atoms with Crippen LogP contribution in [0.5, 0.6) is 0 Å².